The Morgan fingerprint density at radius 1 is 1.41 bits per heavy atom. The number of carbonyl (C=O) groups excluding carboxylic acids is 1. The number of fused-ring (bicyclic) bond motifs is 1. The van der Waals surface area contributed by atoms with Crippen molar-refractivity contribution in [1.82, 2.24) is 30.3 Å². The van der Waals surface area contributed by atoms with Crippen LogP contribution in [0.25, 0.3) is 11.2 Å². The number of rotatable bonds is 4. The molecule has 8 nitrogen and oxygen atoms in total. The summed E-state index contributed by atoms with van der Waals surface area (Å²) < 4.78 is 1.58. The Labute approximate surface area is 97.4 Å². The van der Waals surface area contributed by atoms with Crippen LogP contribution in [0.5, 0.6) is 0 Å². The van der Waals surface area contributed by atoms with E-state index >= 15 is 0 Å². The Bertz CT molecular complexity index is 535. The first kappa shape index (κ1) is 11.2. The van der Waals surface area contributed by atoms with Crippen molar-refractivity contribution < 1.29 is 4.79 Å². The largest absolute Gasteiger partial charge is 0.366 e. The van der Waals surface area contributed by atoms with Gasteiger partial charge in [-0.3, -0.25) is 4.79 Å². The maximum absolute atomic E-state index is 10.7. The Hall–Kier alpha value is -2.25. The molecule has 0 aromatic carbocycles. The van der Waals surface area contributed by atoms with Gasteiger partial charge in [0.15, 0.2) is 17.0 Å². The number of anilines is 1. The van der Waals surface area contributed by atoms with Crippen LogP contribution < -0.4 is 10.6 Å². The van der Waals surface area contributed by atoms with Crippen molar-refractivity contribution in [2.45, 2.75) is 6.92 Å². The van der Waals surface area contributed by atoms with Crippen molar-refractivity contribution >= 4 is 22.9 Å². The lowest BCUT2D eigenvalue weighted by atomic mass is 10.4. The molecule has 0 fully saturated rings. The van der Waals surface area contributed by atoms with Gasteiger partial charge in [0.05, 0.1) is 0 Å². The number of amides is 1. The van der Waals surface area contributed by atoms with Crippen molar-refractivity contribution in [2.24, 2.45) is 7.05 Å². The maximum atomic E-state index is 10.7. The lowest BCUT2D eigenvalue weighted by Gasteiger charge is -2.05. The fraction of sp³-hybridized carbons (Fsp3) is 0.444. The van der Waals surface area contributed by atoms with Gasteiger partial charge in [0, 0.05) is 27.1 Å². The normalized spacial score (nSPS) is 10.5. The molecule has 0 aliphatic rings. The molecule has 8 heteroatoms. The van der Waals surface area contributed by atoms with Gasteiger partial charge < -0.3 is 10.6 Å². The van der Waals surface area contributed by atoms with Gasteiger partial charge in [0.25, 0.3) is 0 Å². The fourth-order valence-electron chi connectivity index (χ4n) is 1.40. The molecule has 2 rings (SSSR count). The molecular weight excluding hydrogens is 222 g/mol. The van der Waals surface area contributed by atoms with Gasteiger partial charge in [-0.15, -0.1) is 5.10 Å². The Morgan fingerprint density at radius 2 is 2.24 bits per heavy atom. The predicted molar refractivity (Wildman–Crippen MR) is 61.3 cm³/mol. The average Bonchev–Trinajstić information content (AvgIpc) is 2.67. The van der Waals surface area contributed by atoms with Crippen LogP contribution in [0.15, 0.2) is 6.33 Å². The minimum absolute atomic E-state index is 0.0564. The summed E-state index contributed by atoms with van der Waals surface area (Å²) in [5.74, 6) is 0.563. The number of aromatic nitrogens is 5. The molecule has 0 unspecified atom stereocenters. The summed E-state index contributed by atoms with van der Waals surface area (Å²) in [7, 11) is 1.77. The third-order valence-electron chi connectivity index (χ3n) is 2.18. The van der Waals surface area contributed by atoms with Crippen LogP contribution in [-0.2, 0) is 11.8 Å². The summed E-state index contributed by atoms with van der Waals surface area (Å²) >= 11 is 0. The molecular formula is C9H13N7O. The van der Waals surface area contributed by atoms with Crippen molar-refractivity contribution in [3.63, 3.8) is 0 Å². The number of nitrogens with one attached hydrogen (secondary N) is 2. The lowest BCUT2D eigenvalue weighted by molar-refractivity contribution is -0.118. The molecule has 90 valence electrons. The van der Waals surface area contributed by atoms with E-state index in [4.69, 9.17) is 0 Å². The molecule has 0 atom stereocenters. The topological polar surface area (TPSA) is 97.6 Å². The van der Waals surface area contributed by atoms with Crippen LogP contribution in [0.1, 0.15) is 6.92 Å². The Balaban J connectivity index is 2.06. The zero-order valence-electron chi connectivity index (χ0n) is 9.64. The highest BCUT2D eigenvalue weighted by Crippen LogP contribution is 2.14. The van der Waals surface area contributed by atoms with E-state index in [1.54, 1.807) is 11.7 Å². The van der Waals surface area contributed by atoms with Gasteiger partial charge in [0.2, 0.25) is 5.91 Å². The molecule has 0 aliphatic heterocycles. The smallest absolute Gasteiger partial charge is 0.216 e. The molecule has 0 bridgehead atoms. The van der Waals surface area contributed by atoms with E-state index in [1.165, 1.54) is 13.3 Å². The molecule has 0 aliphatic carbocycles. The number of hydrogen-bond donors (Lipinski definition) is 2. The van der Waals surface area contributed by atoms with Crippen LogP contribution >= 0.6 is 0 Å². The van der Waals surface area contributed by atoms with Gasteiger partial charge in [-0.05, 0) is 0 Å². The molecule has 0 radical (unpaired) electrons. The van der Waals surface area contributed by atoms with Crippen LogP contribution in [0.3, 0.4) is 0 Å². The third-order valence-corrected chi connectivity index (χ3v) is 2.18. The Morgan fingerprint density at radius 3 is 3.00 bits per heavy atom. The first-order chi connectivity index (χ1) is 8.18. The van der Waals surface area contributed by atoms with Crippen LogP contribution in [0.4, 0.5) is 5.82 Å². The molecule has 0 spiro atoms. The average molecular weight is 235 g/mol. The molecule has 2 heterocycles. The van der Waals surface area contributed by atoms with Gasteiger partial charge >= 0.3 is 0 Å². The van der Waals surface area contributed by atoms with Gasteiger partial charge in [0.1, 0.15) is 6.33 Å². The number of carbonyl (C=O) groups is 1. The number of hydrogen-bond acceptors (Lipinski definition) is 6. The molecule has 2 aromatic heterocycles. The van der Waals surface area contributed by atoms with E-state index in [1.807, 2.05) is 0 Å². The summed E-state index contributed by atoms with van der Waals surface area (Å²) in [6.07, 6.45) is 1.45. The molecule has 1 amide bonds. The second-order valence-electron chi connectivity index (χ2n) is 3.52. The number of nitrogens with zero attached hydrogens (tertiary/aromatic N) is 5. The molecule has 0 saturated heterocycles. The monoisotopic (exact) mass is 235 g/mol. The standard InChI is InChI=1S/C9H13N7O/c1-6(17)10-3-4-11-8-7-9(13-5-12-8)16(2)15-14-7/h5H,3-4H2,1-2H3,(H,10,17)(H,11,12,13). The van der Waals surface area contributed by atoms with Crippen molar-refractivity contribution in [1.29, 1.82) is 0 Å². The minimum atomic E-state index is -0.0564. The highest BCUT2D eigenvalue weighted by atomic mass is 16.1. The van der Waals surface area contributed by atoms with Crippen molar-refractivity contribution in [3.05, 3.63) is 6.33 Å². The highest BCUT2D eigenvalue weighted by Gasteiger charge is 2.08. The summed E-state index contributed by atoms with van der Waals surface area (Å²) in [5, 5.41) is 13.6. The summed E-state index contributed by atoms with van der Waals surface area (Å²) in [6, 6.07) is 0. The molecule has 2 N–H and O–H groups in total. The van der Waals surface area contributed by atoms with E-state index < -0.39 is 0 Å². The molecule has 0 saturated carbocycles. The first-order valence-electron chi connectivity index (χ1n) is 5.17. The van der Waals surface area contributed by atoms with E-state index in [0.717, 1.165) is 0 Å². The molecule has 2 aromatic rings. The van der Waals surface area contributed by atoms with E-state index in [-0.39, 0.29) is 5.91 Å². The zero-order valence-corrected chi connectivity index (χ0v) is 9.64. The van der Waals surface area contributed by atoms with Gasteiger partial charge in [-0.2, -0.15) is 0 Å². The van der Waals surface area contributed by atoms with Crippen LogP contribution in [-0.4, -0.2) is 44.0 Å². The summed E-state index contributed by atoms with van der Waals surface area (Å²) in [5.41, 5.74) is 1.29. The van der Waals surface area contributed by atoms with Gasteiger partial charge in [-0.25, -0.2) is 14.6 Å². The highest BCUT2D eigenvalue weighted by molar-refractivity contribution is 5.81. The number of aryl methyl sites for hydroxylation is 1. The maximum Gasteiger partial charge on any atom is 0.216 e. The minimum Gasteiger partial charge on any atom is -0.366 e. The predicted octanol–water partition coefficient (Wildman–Crippen LogP) is -0.694. The first-order valence-corrected chi connectivity index (χ1v) is 5.17. The summed E-state index contributed by atoms with van der Waals surface area (Å²) in [4.78, 5) is 18.8. The fourth-order valence-corrected chi connectivity index (χ4v) is 1.40. The summed E-state index contributed by atoms with van der Waals surface area (Å²) in [6.45, 7) is 2.58. The zero-order chi connectivity index (χ0) is 12.3. The second-order valence-corrected chi connectivity index (χ2v) is 3.52. The van der Waals surface area contributed by atoms with Crippen molar-refractivity contribution in [3.8, 4) is 0 Å². The van der Waals surface area contributed by atoms with Gasteiger partial charge in [-0.1, -0.05) is 5.21 Å². The van der Waals surface area contributed by atoms with Crippen molar-refractivity contribution in [2.75, 3.05) is 18.4 Å². The lowest BCUT2D eigenvalue weighted by Crippen LogP contribution is -2.26. The van der Waals surface area contributed by atoms with E-state index in [2.05, 4.69) is 30.9 Å². The second kappa shape index (κ2) is 4.73. The molecule has 17 heavy (non-hydrogen) atoms. The quantitative estimate of drug-likeness (QED) is 0.680. The van der Waals surface area contributed by atoms with Crippen LogP contribution in [0.2, 0.25) is 0 Å². The van der Waals surface area contributed by atoms with Crippen LogP contribution in [0, 0.1) is 0 Å². The Kier molecular flexibility index (Phi) is 3.12. The van der Waals surface area contributed by atoms with E-state index in [9.17, 15) is 4.79 Å². The van der Waals surface area contributed by atoms with E-state index in [0.29, 0.717) is 30.1 Å². The SMILES string of the molecule is CC(=O)NCCNc1ncnc2c1nnn2C. The third kappa shape index (κ3) is 2.47.